The van der Waals surface area contributed by atoms with E-state index in [1.807, 2.05) is 12.1 Å². The molecular weight excluding hydrogens is 548 g/mol. The van der Waals surface area contributed by atoms with Crippen LogP contribution in [0.5, 0.6) is 0 Å². The van der Waals surface area contributed by atoms with Crippen LogP contribution in [0, 0.1) is 11.3 Å². The second-order valence-electron chi connectivity index (χ2n) is 7.41. The molecule has 10 heteroatoms. The summed E-state index contributed by atoms with van der Waals surface area (Å²) in [5, 5.41) is 13.5. The van der Waals surface area contributed by atoms with E-state index in [0.717, 1.165) is 11.8 Å². The first-order valence-electron chi connectivity index (χ1n) is 10.2. The Balaban J connectivity index is 1.73. The van der Waals surface area contributed by atoms with Crippen molar-refractivity contribution in [3.05, 3.63) is 103 Å². The number of halogens is 4. The number of thioether (sulfide) groups is 1. The molecule has 1 unspecified atom stereocenters. The summed E-state index contributed by atoms with van der Waals surface area (Å²) in [4.78, 5) is 28.0. The van der Waals surface area contributed by atoms with Gasteiger partial charge in [-0.05, 0) is 48.4 Å². The molecule has 1 N–H and O–H groups in total. The third-order valence-electron chi connectivity index (χ3n) is 5.13. The van der Waals surface area contributed by atoms with Crippen molar-refractivity contribution in [3.63, 3.8) is 0 Å². The monoisotopic (exact) mass is 561 g/mol. The fourth-order valence-corrected chi connectivity index (χ4v) is 5.46. The van der Waals surface area contributed by atoms with E-state index in [0.29, 0.717) is 32.0 Å². The SMILES string of the molecule is N#CC(C(=O)Nc1ccc(Cl)c(Cl)c1)=C1SC(Cc2cccc(Cl)c2Cl)C(=O)N1c1ccccc1. The van der Waals surface area contributed by atoms with Gasteiger partial charge in [0, 0.05) is 11.4 Å². The van der Waals surface area contributed by atoms with Crippen LogP contribution in [0.2, 0.25) is 20.1 Å². The van der Waals surface area contributed by atoms with Crippen LogP contribution in [0.3, 0.4) is 0 Å². The fraction of sp³-hybridized carbons (Fsp3) is 0.0800. The smallest absolute Gasteiger partial charge is 0.269 e. The predicted octanol–water partition coefficient (Wildman–Crippen LogP) is 7.37. The Labute approximate surface area is 226 Å². The third kappa shape index (κ3) is 5.45. The summed E-state index contributed by atoms with van der Waals surface area (Å²) in [6.07, 6.45) is 0.267. The molecule has 3 aromatic rings. The molecule has 0 aromatic heterocycles. The van der Waals surface area contributed by atoms with Gasteiger partial charge in [0.1, 0.15) is 16.7 Å². The van der Waals surface area contributed by atoms with E-state index in [4.69, 9.17) is 46.4 Å². The van der Waals surface area contributed by atoms with Crippen molar-refractivity contribution in [2.24, 2.45) is 0 Å². The number of carbonyl (C=O) groups is 2. The quantitative estimate of drug-likeness (QED) is 0.260. The van der Waals surface area contributed by atoms with Gasteiger partial charge in [-0.2, -0.15) is 5.26 Å². The minimum atomic E-state index is -0.677. The Kier molecular flexibility index (Phi) is 7.95. The molecule has 0 bridgehead atoms. The van der Waals surface area contributed by atoms with Gasteiger partial charge < -0.3 is 5.32 Å². The zero-order valence-corrected chi connectivity index (χ0v) is 21.6. The van der Waals surface area contributed by atoms with Crippen LogP contribution in [0.1, 0.15) is 5.56 Å². The molecule has 35 heavy (non-hydrogen) atoms. The van der Waals surface area contributed by atoms with Crippen LogP contribution in [-0.4, -0.2) is 17.1 Å². The van der Waals surface area contributed by atoms with Gasteiger partial charge in [-0.3, -0.25) is 14.5 Å². The van der Waals surface area contributed by atoms with E-state index >= 15 is 0 Å². The number of nitrogens with one attached hydrogen (secondary N) is 1. The lowest BCUT2D eigenvalue weighted by atomic mass is 10.1. The van der Waals surface area contributed by atoms with Crippen LogP contribution in [0.4, 0.5) is 11.4 Å². The Morgan fingerprint density at radius 3 is 2.40 bits per heavy atom. The van der Waals surface area contributed by atoms with E-state index in [1.54, 1.807) is 48.5 Å². The maximum Gasteiger partial charge on any atom is 0.269 e. The number of para-hydroxylation sites is 1. The molecule has 1 aliphatic rings. The zero-order valence-electron chi connectivity index (χ0n) is 17.8. The van der Waals surface area contributed by atoms with Crippen molar-refractivity contribution in [3.8, 4) is 6.07 Å². The number of nitrogens with zero attached hydrogens (tertiary/aromatic N) is 2. The largest absolute Gasteiger partial charge is 0.321 e. The second kappa shape index (κ2) is 10.9. The van der Waals surface area contributed by atoms with Gasteiger partial charge in [-0.1, -0.05) is 88.5 Å². The maximum absolute atomic E-state index is 13.5. The van der Waals surface area contributed by atoms with Gasteiger partial charge in [-0.15, -0.1) is 0 Å². The first-order chi connectivity index (χ1) is 16.8. The lowest BCUT2D eigenvalue weighted by Gasteiger charge is -2.18. The van der Waals surface area contributed by atoms with Crippen molar-refractivity contribution in [1.29, 1.82) is 5.26 Å². The van der Waals surface area contributed by atoms with E-state index in [2.05, 4.69) is 5.32 Å². The summed E-state index contributed by atoms with van der Waals surface area (Å²) in [5.74, 6) is -0.953. The van der Waals surface area contributed by atoms with E-state index in [1.165, 1.54) is 17.0 Å². The molecule has 1 atom stereocenters. The van der Waals surface area contributed by atoms with E-state index < -0.39 is 11.2 Å². The second-order valence-corrected chi connectivity index (χ2v) is 10.2. The number of hydrogen-bond donors (Lipinski definition) is 1. The Hall–Kier alpha value is -2.66. The van der Waals surface area contributed by atoms with E-state index in [9.17, 15) is 14.9 Å². The molecule has 1 heterocycles. The molecule has 2 amide bonds. The average Bonchev–Trinajstić information content (AvgIpc) is 3.15. The highest BCUT2D eigenvalue weighted by Gasteiger charge is 2.41. The summed E-state index contributed by atoms with van der Waals surface area (Å²) in [6, 6.07) is 20.6. The minimum absolute atomic E-state index is 0.210. The first-order valence-corrected chi connectivity index (χ1v) is 12.6. The molecule has 3 aromatic carbocycles. The predicted molar refractivity (Wildman–Crippen MR) is 143 cm³/mol. The fourth-order valence-electron chi connectivity index (χ4n) is 3.47. The Morgan fingerprint density at radius 1 is 0.971 bits per heavy atom. The Bertz CT molecular complexity index is 1390. The van der Waals surface area contributed by atoms with Gasteiger partial charge in [0.15, 0.2) is 0 Å². The lowest BCUT2D eigenvalue weighted by Crippen LogP contribution is -2.31. The van der Waals surface area contributed by atoms with Crippen LogP contribution >= 0.6 is 58.2 Å². The van der Waals surface area contributed by atoms with Gasteiger partial charge in [0.05, 0.1) is 25.3 Å². The van der Waals surface area contributed by atoms with Crippen molar-refractivity contribution in [1.82, 2.24) is 0 Å². The molecular formula is C25H15Cl4N3O2S. The van der Waals surface area contributed by atoms with Crippen molar-refractivity contribution in [2.75, 3.05) is 10.2 Å². The zero-order chi connectivity index (χ0) is 25.1. The molecule has 1 saturated heterocycles. The number of carbonyl (C=O) groups excluding carboxylic acids is 2. The third-order valence-corrected chi connectivity index (χ3v) is 7.99. The molecule has 0 aliphatic carbocycles. The summed E-state index contributed by atoms with van der Waals surface area (Å²) in [6.45, 7) is 0. The number of benzene rings is 3. The Morgan fingerprint density at radius 2 is 1.71 bits per heavy atom. The van der Waals surface area contributed by atoms with E-state index in [-0.39, 0.29) is 28.0 Å². The molecule has 5 nitrogen and oxygen atoms in total. The number of amides is 2. The maximum atomic E-state index is 13.5. The molecule has 1 aliphatic heterocycles. The molecule has 176 valence electrons. The van der Waals surface area contributed by atoms with Gasteiger partial charge in [0.25, 0.3) is 5.91 Å². The number of hydrogen-bond acceptors (Lipinski definition) is 4. The average molecular weight is 563 g/mol. The molecule has 0 saturated carbocycles. The number of nitriles is 1. The van der Waals surface area contributed by atoms with Crippen LogP contribution in [-0.2, 0) is 16.0 Å². The molecule has 0 radical (unpaired) electrons. The van der Waals surface area contributed by atoms with Crippen molar-refractivity contribution >= 4 is 81.4 Å². The summed E-state index contributed by atoms with van der Waals surface area (Å²) in [7, 11) is 0. The van der Waals surface area contributed by atoms with Gasteiger partial charge >= 0.3 is 0 Å². The number of anilines is 2. The van der Waals surface area contributed by atoms with Crippen LogP contribution in [0.25, 0.3) is 0 Å². The normalized spacial score (nSPS) is 16.7. The van der Waals surface area contributed by atoms with Crippen molar-refractivity contribution in [2.45, 2.75) is 11.7 Å². The topological polar surface area (TPSA) is 73.2 Å². The highest BCUT2D eigenvalue weighted by molar-refractivity contribution is 8.05. The van der Waals surface area contributed by atoms with Crippen LogP contribution < -0.4 is 10.2 Å². The number of rotatable bonds is 5. The lowest BCUT2D eigenvalue weighted by molar-refractivity contribution is -0.117. The summed E-state index contributed by atoms with van der Waals surface area (Å²) >= 11 is 25.6. The minimum Gasteiger partial charge on any atom is -0.321 e. The highest BCUT2D eigenvalue weighted by atomic mass is 35.5. The molecule has 4 rings (SSSR count). The summed E-state index contributed by atoms with van der Waals surface area (Å²) in [5.41, 5.74) is 1.38. The summed E-state index contributed by atoms with van der Waals surface area (Å²) < 4.78 is 0. The van der Waals surface area contributed by atoms with Gasteiger partial charge in [0.2, 0.25) is 5.91 Å². The van der Waals surface area contributed by atoms with Gasteiger partial charge in [-0.25, -0.2) is 0 Å². The molecule has 0 spiro atoms. The van der Waals surface area contributed by atoms with Crippen molar-refractivity contribution < 1.29 is 9.59 Å². The standard InChI is InChI=1S/C25H15Cl4N3O2S/c26-18-10-9-15(12-20(18)28)31-23(33)17(13-30)25-32(16-6-2-1-3-7-16)24(34)21(35-25)11-14-5-4-8-19(27)22(14)29/h1-10,12,21H,11H2,(H,31,33). The van der Waals surface area contributed by atoms with Crippen LogP contribution in [0.15, 0.2) is 77.3 Å². The first kappa shape index (κ1) is 25.4. The highest BCUT2D eigenvalue weighted by Crippen LogP contribution is 2.43. The molecule has 1 fully saturated rings.